The number of ether oxygens (including phenoxy) is 1. The summed E-state index contributed by atoms with van der Waals surface area (Å²) >= 11 is 6.08. The van der Waals surface area contributed by atoms with E-state index in [1.165, 1.54) is 5.56 Å². The van der Waals surface area contributed by atoms with Crippen LogP contribution < -0.4 is 0 Å². The van der Waals surface area contributed by atoms with Crippen LogP contribution in [-0.4, -0.2) is 80.7 Å². The van der Waals surface area contributed by atoms with E-state index in [1.54, 1.807) is 0 Å². The lowest BCUT2D eigenvalue weighted by atomic mass is 10.0. The smallest absolute Gasteiger partial charge is 0.195 e. The highest BCUT2D eigenvalue weighted by Crippen LogP contribution is 2.28. The van der Waals surface area contributed by atoms with Crippen LogP contribution in [0.1, 0.15) is 25.5 Å². The van der Waals surface area contributed by atoms with Crippen LogP contribution >= 0.6 is 35.6 Å². The molecule has 26 heavy (non-hydrogen) atoms. The average molecular weight is 495 g/mol. The summed E-state index contributed by atoms with van der Waals surface area (Å²) in [5.41, 5.74) is 1.10. The van der Waals surface area contributed by atoms with Crippen LogP contribution in [0.4, 0.5) is 0 Å². The molecule has 148 valence electrons. The van der Waals surface area contributed by atoms with E-state index in [2.05, 4.69) is 30.9 Å². The van der Waals surface area contributed by atoms with E-state index >= 15 is 0 Å². The third-order valence-electron chi connectivity index (χ3n) is 4.36. The Hall–Kier alpha value is -0.570. The second-order valence-electron chi connectivity index (χ2n) is 7.58. The summed E-state index contributed by atoms with van der Waals surface area (Å²) in [6, 6.07) is 8.33. The van der Waals surface area contributed by atoms with Gasteiger partial charge in [-0.05, 0) is 31.5 Å². The Morgan fingerprint density at radius 3 is 2.27 bits per heavy atom. The minimum atomic E-state index is -0.140. The van der Waals surface area contributed by atoms with Crippen molar-refractivity contribution in [3.8, 4) is 0 Å². The molecule has 1 heterocycles. The van der Waals surface area contributed by atoms with Crippen LogP contribution in [-0.2, 0) is 4.74 Å². The van der Waals surface area contributed by atoms with Gasteiger partial charge in [0.2, 0.25) is 0 Å². The Kier molecular flexibility index (Phi) is 9.12. The highest BCUT2D eigenvalue weighted by Gasteiger charge is 2.32. The molecule has 7 heteroatoms. The standard InChI is InChI=1S/C19H31ClN4O.HI/c1-19(2)14-24(11-12-25-19)17(15-7-9-16(20)10-8-15)13-21-18(22(3)4)23(5)6;/h7-10,17H,11-14H2,1-6H3;1H. The summed E-state index contributed by atoms with van der Waals surface area (Å²) < 4.78 is 5.89. The van der Waals surface area contributed by atoms with E-state index in [4.69, 9.17) is 21.3 Å². The molecule has 1 aliphatic heterocycles. The van der Waals surface area contributed by atoms with Gasteiger partial charge in [-0.15, -0.1) is 24.0 Å². The highest BCUT2D eigenvalue weighted by molar-refractivity contribution is 14.0. The molecule has 2 rings (SSSR count). The summed E-state index contributed by atoms with van der Waals surface area (Å²) in [5.74, 6) is 0.964. The van der Waals surface area contributed by atoms with Gasteiger partial charge in [0.15, 0.2) is 5.96 Å². The summed E-state index contributed by atoms with van der Waals surface area (Å²) in [5, 5.41) is 0.760. The fourth-order valence-electron chi connectivity index (χ4n) is 3.29. The molecule has 1 fully saturated rings. The van der Waals surface area contributed by atoms with Gasteiger partial charge < -0.3 is 14.5 Å². The van der Waals surface area contributed by atoms with Gasteiger partial charge in [-0.1, -0.05) is 23.7 Å². The van der Waals surface area contributed by atoms with E-state index in [9.17, 15) is 0 Å². The van der Waals surface area contributed by atoms with Gasteiger partial charge in [0.25, 0.3) is 0 Å². The topological polar surface area (TPSA) is 31.3 Å². The van der Waals surface area contributed by atoms with Crippen molar-refractivity contribution < 1.29 is 4.74 Å². The van der Waals surface area contributed by atoms with Crippen molar-refractivity contribution in [1.82, 2.24) is 14.7 Å². The Morgan fingerprint density at radius 2 is 1.77 bits per heavy atom. The zero-order valence-corrected chi connectivity index (χ0v) is 19.8. The normalized spacial score (nSPS) is 17.8. The first-order valence-corrected chi connectivity index (χ1v) is 9.10. The highest BCUT2D eigenvalue weighted by atomic mass is 127. The van der Waals surface area contributed by atoms with Crippen LogP contribution in [0.2, 0.25) is 5.02 Å². The fraction of sp³-hybridized carbons (Fsp3) is 0.632. The first kappa shape index (κ1) is 23.5. The van der Waals surface area contributed by atoms with Crippen molar-refractivity contribution in [1.29, 1.82) is 0 Å². The fourth-order valence-corrected chi connectivity index (χ4v) is 3.41. The molecule has 1 atom stereocenters. The number of aliphatic imine (C=N–C) groups is 1. The van der Waals surface area contributed by atoms with Gasteiger partial charge in [-0.3, -0.25) is 9.89 Å². The maximum atomic E-state index is 6.08. The maximum Gasteiger partial charge on any atom is 0.195 e. The molecule has 1 aromatic carbocycles. The van der Waals surface area contributed by atoms with Crippen molar-refractivity contribution in [3.63, 3.8) is 0 Å². The quantitative estimate of drug-likeness (QED) is 0.364. The molecule has 0 saturated carbocycles. The van der Waals surface area contributed by atoms with E-state index in [0.29, 0.717) is 6.54 Å². The first-order valence-electron chi connectivity index (χ1n) is 8.72. The van der Waals surface area contributed by atoms with Gasteiger partial charge in [0, 0.05) is 46.3 Å². The number of guanidine groups is 1. The van der Waals surface area contributed by atoms with Crippen molar-refractivity contribution in [2.24, 2.45) is 4.99 Å². The van der Waals surface area contributed by atoms with Crippen molar-refractivity contribution in [2.45, 2.75) is 25.5 Å². The van der Waals surface area contributed by atoms with E-state index in [-0.39, 0.29) is 35.6 Å². The van der Waals surface area contributed by atoms with Crippen molar-refractivity contribution in [2.75, 3.05) is 54.4 Å². The third kappa shape index (κ3) is 6.55. The van der Waals surface area contributed by atoms with Crippen LogP contribution in [0.5, 0.6) is 0 Å². The molecule has 0 aliphatic carbocycles. The molecule has 1 aromatic rings. The van der Waals surface area contributed by atoms with E-state index in [1.807, 2.05) is 50.1 Å². The van der Waals surface area contributed by atoms with Gasteiger partial charge in [0.05, 0.1) is 24.8 Å². The number of rotatable bonds is 4. The van der Waals surface area contributed by atoms with Gasteiger partial charge in [-0.25, -0.2) is 0 Å². The molecule has 0 radical (unpaired) electrons. The monoisotopic (exact) mass is 494 g/mol. The summed E-state index contributed by atoms with van der Waals surface area (Å²) in [6.45, 7) is 7.53. The lowest BCUT2D eigenvalue weighted by Gasteiger charge is -2.42. The minimum Gasteiger partial charge on any atom is -0.373 e. The van der Waals surface area contributed by atoms with Crippen molar-refractivity contribution >= 4 is 41.5 Å². The summed E-state index contributed by atoms with van der Waals surface area (Å²) in [7, 11) is 8.09. The number of hydrogen-bond donors (Lipinski definition) is 0. The number of morpholine rings is 1. The summed E-state index contributed by atoms with van der Waals surface area (Å²) in [4.78, 5) is 11.5. The van der Waals surface area contributed by atoms with E-state index < -0.39 is 0 Å². The van der Waals surface area contributed by atoms with Gasteiger partial charge in [-0.2, -0.15) is 0 Å². The van der Waals surface area contributed by atoms with E-state index in [0.717, 1.165) is 30.7 Å². The first-order chi connectivity index (χ1) is 11.7. The lowest BCUT2D eigenvalue weighted by molar-refractivity contribution is -0.0967. The SMILES string of the molecule is CN(C)C(=NCC(c1ccc(Cl)cc1)N1CCOC(C)(C)C1)N(C)C.I. The lowest BCUT2D eigenvalue weighted by Crippen LogP contribution is -2.50. The number of nitrogens with zero attached hydrogens (tertiary/aromatic N) is 4. The molecule has 0 aromatic heterocycles. The molecule has 5 nitrogen and oxygen atoms in total. The zero-order valence-electron chi connectivity index (χ0n) is 16.7. The molecule has 0 bridgehead atoms. The molecular formula is C19H32ClIN4O. The van der Waals surface area contributed by atoms with Gasteiger partial charge >= 0.3 is 0 Å². The molecule has 0 N–H and O–H groups in total. The Morgan fingerprint density at radius 1 is 1.19 bits per heavy atom. The Labute approximate surface area is 180 Å². The number of benzene rings is 1. The molecular weight excluding hydrogens is 463 g/mol. The number of halogens is 2. The molecule has 1 saturated heterocycles. The third-order valence-corrected chi connectivity index (χ3v) is 4.61. The van der Waals surface area contributed by atoms with Crippen LogP contribution in [0.3, 0.4) is 0 Å². The Balaban J connectivity index is 0.00000338. The molecule has 1 unspecified atom stereocenters. The van der Waals surface area contributed by atoms with Crippen LogP contribution in [0, 0.1) is 0 Å². The maximum absolute atomic E-state index is 6.08. The molecule has 1 aliphatic rings. The molecule has 0 spiro atoms. The van der Waals surface area contributed by atoms with Crippen LogP contribution in [0.15, 0.2) is 29.3 Å². The van der Waals surface area contributed by atoms with Crippen molar-refractivity contribution in [3.05, 3.63) is 34.9 Å². The second kappa shape index (κ2) is 10.1. The predicted octanol–water partition coefficient (Wildman–Crippen LogP) is 3.59. The van der Waals surface area contributed by atoms with Crippen LogP contribution in [0.25, 0.3) is 0 Å². The zero-order chi connectivity index (χ0) is 18.6. The largest absolute Gasteiger partial charge is 0.373 e. The van der Waals surface area contributed by atoms with Gasteiger partial charge in [0.1, 0.15) is 0 Å². The number of hydrogen-bond acceptors (Lipinski definition) is 3. The average Bonchev–Trinajstić information content (AvgIpc) is 2.51. The molecule has 0 amide bonds. The Bertz CT molecular complexity index is 580. The minimum absolute atomic E-state index is 0. The summed E-state index contributed by atoms with van der Waals surface area (Å²) in [6.07, 6.45) is 0. The predicted molar refractivity (Wildman–Crippen MR) is 121 cm³/mol. The second-order valence-corrected chi connectivity index (χ2v) is 8.01.